The van der Waals surface area contributed by atoms with Crippen LogP contribution in [0.15, 0.2) is 73.4 Å². The highest BCUT2D eigenvalue weighted by atomic mass is 32.2. The SMILES string of the molecule is CCCCC/C=C\C/C=C\C/C=C\C/C=C\CCCCCCC/C=C/C(=O)SCCNC(=O)CCNC(=O)[C@H](O)C(C)(C)COP(=O)(O)OP(=O)(O)OC[C@H]1O[C@@H](n2cnc3c(N)ncnc32)[C@H](O)[C@@H]1OP(=O)(O)O. The highest BCUT2D eigenvalue weighted by Crippen LogP contribution is 2.61. The minimum atomic E-state index is -5.58. The van der Waals surface area contributed by atoms with E-state index in [0.29, 0.717) is 5.75 Å². The minimum Gasteiger partial charge on any atom is -0.386 e. The Labute approximate surface area is 442 Å². The van der Waals surface area contributed by atoms with Gasteiger partial charge in [0.15, 0.2) is 17.7 Å². The number of imidazole rings is 1. The smallest absolute Gasteiger partial charge is 0.386 e. The highest BCUT2D eigenvalue weighted by Gasteiger charge is 2.50. The third kappa shape index (κ3) is 26.4. The number of nitrogens with zero attached hydrogens (tertiary/aromatic N) is 4. The van der Waals surface area contributed by atoms with E-state index in [1.54, 1.807) is 0 Å². The van der Waals surface area contributed by atoms with Gasteiger partial charge in [-0.2, -0.15) is 4.31 Å². The number of phosphoric acid groups is 3. The second kappa shape index (κ2) is 34.2. The van der Waals surface area contributed by atoms with Gasteiger partial charge in [0, 0.05) is 30.7 Å². The Bertz CT molecular complexity index is 2380. The van der Waals surface area contributed by atoms with Crippen molar-refractivity contribution in [3.8, 4) is 0 Å². The average Bonchev–Trinajstić information content (AvgIpc) is 3.91. The number of nitrogen functional groups attached to an aromatic ring is 1. The van der Waals surface area contributed by atoms with Crippen LogP contribution in [0.5, 0.6) is 0 Å². The number of nitrogens with one attached hydrogen (secondary N) is 2. The van der Waals surface area contributed by atoms with Gasteiger partial charge in [-0.25, -0.2) is 28.6 Å². The summed E-state index contributed by atoms with van der Waals surface area (Å²) in [6, 6.07) is 0. The summed E-state index contributed by atoms with van der Waals surface area (Å²) in [5.41, 5.74) is 4.28. The lowest BCUT2D eigenvalue weighted by Gasteiger charge is -2.30. The van der Waals surface area contributed by atoms with Crippen molar-refractivity contribution >= 4 is 69.1 Å². The minimum absolute atomic E-state index is 0.0305. The molecule has 24 nitrogen and oxygen atoms in total. The second-order valence-electron chi connectivity index (χ2n) is 18.1. The number of aliphatic hydroxyl groups is 2. The Balaban J connectivity index is 1.24. The van der Waals surface area contributed by atoms with E-state index in [0.717, 1.165) is 86.8 Å². The van der Waals surface area contributed by atoms with Gasteiger partial charge in [-0.15, -0.1) is 0 Å². The summed E-state index contributed by atoms with van der Waals surface area (Å²) in [6.07, 6.45) is 29.7. The summed E-state index contributed by atoms with van der Waals surface area (Å²) >= 11 is 1.06. The van der Waals surface area contributed by atoms with Gasteiger partial charge in [-0.05, 0) is 63.9 Å². The van der Waals surface area contributed by atoms with Crippen LogP contribution in [0.3, 0.4) is 0 Å². The molecule has 10 N–H and O–H groups in total. The first-order valence-electron chi connectivity index (χ1n) is 24.9. The topological polar surface area (TPSA) is 364 Å². The molecule has 7 atom stereocenters. The van der Waals surface area contributed by atoms with E-state index in [2.05, 4.69) is 90.0 Å². The van der Waals surface area contributed by atoms with Gasteiger partial charge in [0.05, 0.1) is 19.5 Å². The number of carbonyl (C=O) groups is 3. The van der Waals surface area contributed by atoms with E-state index in [1.807, 2.05) is 6.08 Å². The molecule has 422 valence electrons. The number of nitrogens with two attached hydrogens (primary N) is 1. The number of allylic oxidation sites excluding steroid dienone is 9. The predicted octanol–water partition coefficient (Wildman–Crippen LogP) is 6.93. The van der Waals surface area contributed by atoms with Crippen molar-refractivity contribution in [3.63, 3.8) is 0 Å². The van der Waals surface area contributed by atoms with Crippen molar-refractivity contribution < 1.29 is 80.5 Å². The molecule has 75 heavy (non-hydrogen) atoms. The first-order chi connectivity index (χ1) is 35.6. The van der Waals surface area contributed by atoms with Gasteiger partial charge in [0.2, 0.25) is 16.9 Å². The third-order valence-electron chi connectivity index (χ3n) is 11.2. The summed E-state index contributed by atoms with van der Waals surface area (Å²) in [5.74, 6) is -1.12. The maximum Gasteiger partial charge on any atom is 0.481 e. The number of carbonyl (C=O) groups excluding carboxylic acids is 3. The van der Waals surface area contributed by atoms with Gasteiger partial charge in [-0.1, -0.05) is 119 Å². The molecule has 0 bridgehead atoms. The molecule has 1 aliphatic rings. The molecule has 28 heteroatoms. The summed E-state index contributed by atoms with van der Waals surface area (Å²) in [7, 11) is -16.4. The molecule has 1 fully saturated rings. The third-order valence-corrected chi connectivity index (χ3v) is 15.1. The molecule has 0 aliphatic carbocycles. The molecule has 2 unspecified atom stereocenters. The van der Waals surface area contributed by atoms with Crippen molar-refractivity contribution in [1.29, 1.82) is 0 Å². The van der Waals surface area contributed by atoms with Crippen molar-refractivity contribution in [3.05, 3.63) is 73.4 Å². The lowest BCUT2D eigenvalue weighted by Crippen LogP contribution is -2.46. The molecule has 0 spiro atoms. The van der Waals surface area contributed by atoms with Crippen LogP contribution in [0.1, 0.15) is 123 Å². The van der Waals surface area contributed by atoms with Gasteiger partial charge >= 0.3 is 23.5 Å². The number of hydrogen-bond donors (Lipinski definition) is 9. The molecule has 2 aromatic rings. The number of thioether (sulfide) groups is 1. The van der Waals surface area contributed by atoms with Gasteiger partial charge in [-0.3, -0.25) is 32.5 Å². The fraction of sp³-hybridized carbons (Fsp3) is 0.617. The highest BCUT2D eigenvalue weighted by molar-refractivity contribution is 8.14. The number of aromatic nitrogens is 4. The zero-order valence-corrected chi connectivity index (χ0v) is 46.2. The molecular formula is C47H76N7O17P3S. The largest absolute Gasteiger partial charge is 0.481 e. The Morgan fingerprint density at radius 3 is 2.04 bits per heavy atom. The first-order valence-corrected chi connectivity index (χ1v) is 30.4. The van der Waals surface area contributed by atoms with E-state index >= 15 is 0 Å². The Hall–Kier alpha value is -3.74. The van der Waals surface area contributed by atoms with Crippen molar-refractivity contribution in [2.45, 2.75) is 148 Å². The van der Waals surface area contributed by atoms with Crippen LogP contribution in [-0.4, -0.2) is 123 Å². The molecule has 1 saturated heterocycles. The van der Waals surface area contributed by atoms with E-state index in [1.165, 1.54) is 52.0 Å². The van der Waals surface area contributed by atoms with Gasteiger partial charge < -0.3 is 50.9 Å². The second-order valence-corrected chi connectivity index (χ2v) is 23.4. The number of fused-ring (bicyclic) bond motifs is 1. The normalized spacial score (nSPS) is 19.7. The zero-order chi connectivity index (χ0) is 55.3. The summed E-state index contributed by atoms with van der Waals surface area (Å²) in [4.78, 5) is 88.5. The molecule has 1 aliphatic heterocycles. The van der Waals surface area contributed by atoms with Crippen LogP contribution in [0.2, 0.25) is 0 Å². The number of ether oxygens (including phenoxy) is 1. The molecule has 0 saturated carbocycles. The van der Waals surface area contributed by atoms with Gasteiger partial charge in [0.25, 0.3) is 0 Å². The molecule has 2 amide bonds. The molecule has 3 heterocycles. The van der Waals surface area contributed by atoms with Crippen LogP contribution >= 0.6 is 35.2 Å². The average molecular weight is 1140 g/mol. The molecule has 2 aromatic heterocycles. The quantitative estimate of drug-likeness (QED) is 0.0142. The fourth-order valence-corrected chi connectivity index (χ4v) is 10.6. The summed E-state index contributed by atoms with van der Waals surface area (Å²) in [6.45, 7) is 2.71. The van der Waals surface area contributed by atoms with Crippen LogP contribution in [0.4, 0.5) is 5.82 Å². The van der Waals surface area contributed by atoms with Crippen LogP contribution in [-0.2, 0) is 50.7 Å². The number of aliphatic hydroxyl groups excluding tert-OH is 2. The maximum atomic E-state index is 12.8. The predicted molar refractivity (Wildman–Crippen MR) is 283 cm³/mol. The number of hydrogen-bond acceptors (Lipinski definition) is 18. The first kappa shape index (κ1) is 65.5. The van der Waals surface area contributed by atoms with Crippen molar-refractivity contribution in [2.24, 2.45) is 5.41 Å². The Kier molecular flexibility index (Phi) is 29.9. The van der Waals surface area contributed by atoms with Gasteiger partial charge in [0.1, 0.15) is 36.3 Å². The van der Waals surface area contributed by atoms with Crippen LogP contribution < -0.4 is 16.4 Å². The van der Waals surface area contributed by atoms with E-state index in [4.69, 9.17) is 19.5 Å². The molecular weight excluding hydrogens is 1060 g/mol. The van der Waals surface area contributed by atoms with E-state index in [9.17, 15) is 57.9 Å². The number of amides is 2. The monoisotopic (exact) mass is 1140 g/mol. The lowest BCUT2D eigenvalue weighted by molar-refractivity contribution is -0.137. The van der Waals surface area contributed by atoms with Crippen LogP contribution in [0, 0.1) is 5.41 Å². The standard InChI is InChI=1S/C47H76N7O17P3S/c1-4-5-6-7-8-9-10-11-12-13-14-15-16-17-18-19-20-21-22-23-24-25-26-27-38(56)75-31-30-49-37(55)28-29-50-45(59)42(58)47(2,3)33-68-74(65,66)71-73(63,64)67-32-36-41(70-72(60,61)62)40(57)46(69-36)54-35-53-39-43(48)51-34-52-44(39)54/h8-9,11-12,14-15,17-18,26-27,34-36,40-42,46,57-58H,4-7,10,13,16,19-25,28-33H2,1-3H3,(H,49,55)(H,50,59)(H,63,64)(H,65,66)(H2,48,51,52)(H2,60,61,62)/b9-8-,12-11-,15-14-,18-17-,27-26+/t36-,40-,41-,42+,46-/m1/s1. The lowest BCUT2D eigenvalue weighted by atomic mass is 9.87. The summed E-state index contributed by atoms with van der Waals surface area (Å²) in [5, 5.41) is 26.5. The Morgan fingerprint density at radius 1 is 0.827 bits per heavy atom. The molecule has 0 radical (unpaired) electrons. The van der Waals surface area contributed by atoms with E-state index < -0.39 is 84.6 Å². The number of anilines is 1. The van der Waals surface area contributed by atoms with Crippen molar-refractivity contribution in [2.75, 3.05) is 37.8 Å². The number of phosphoric ester groups is 3. The number of unbranched alkanes of at least 4 members (excludes halogenated alkanes) is 9. The summed E-state index contributed by atoms with van der Waals surface area (Å²) < 4.78 is 62.5. The molecule has 3 rings (SSSR count). The van der Waals surface area contributed by atoms with E-state index in [-0.39, 0.29) is 41.6 Å². The zero-order valence-electron chi connectivity index (χ0n) is 42.7. The fourth-order valence-electron chi connectivity index (χ4n) is 7.13. The maximum absolute atomic E-state index is 12.8. The van der Waals surface area contributed by atoms with Crippen LogP contribution in [0.25, 0.3) is 11.2 Å². The Morgan fingerprint density at radius 2 is 1.41 bits per heavy atom. The van der Waals surface area contributed by atoms with Crippen molar-refractivity contribution in [1.82, 2.24) is 30.2 Å². The molecule has 0 aromatic carbocycles. The number of rotatable bonds is 38.